The van der Waals surface area contributed by atoms with Crippen LogP contribution in [-0.4, -0.2) is 58.8 Å². The van der Waals surface area contributed by atoms with Gasteiger partial charge in [-0.2, -0.15) is 0 Å². The number of ketones is 1. The molecule has 1 saturated heterocycles. The number of carbonyl (C=O) groups excluding carboxylic acids is 2. The molecular formula is C14H21N3O2. The van der Waals surface area contributed by atoms with E-state index in [2.05, 4.69) is 11.8 Å². The fourth-order valence-corrected chi connectivity index (χ4v) is 2.44. The van der Waals surface area contributed by atoms with E-state index in [-0.39, 0.29) is 5.91 Å². The molecule has 0 bridgehead atoms. The van der Waals surface area contributed by atoms with E-state index in [0.717, 1.165) is 26.1 Å². The SMILES string of the molecule is CCN1CCCN(C(=O)C(=O)c2cccn2C)CC1. The summed E-state index contributed by atoms with van der Waals surface area (Å²) < 4.78 is 1.69. The molecular weight excluding hydrogens is 242 g/mol. The third-order valence-electron chi connectivity index (χ3n) is 3.69. The molecule has 0 radical (unpaired) electrons. The molecule has 19 heavy (non-hydrogen) atoms. The van der Waals surface area contributed by atoms with Crippen molar-refractivity contribution in [1.82, 2.24) is 14.4 Å². The first kappa shape index (κ1) is 13.8. The average molecular weight is 263 g/mol. The Morgan fingerprint density at radius 3 is 2.63 bits per heavy atom. The number of aromatic nitrogens is 1. The molecule has 0 unspecified atom stereocenters. The normalized spacial score (nSPS) is 17.3. The predicted octanol–water partition coefficient (Wildman–Crippen LogP) is 0.762. The fourth-order valence-electron chi connectivity index (χ4n) is 2.44. The Labute approximate surface area is 113 Å². The van der Waals surface area contributed by atoms with Crippen LogP contribution >= 0.6 is 0 Å². The second-order valence-electron chi connectivity index (χ2n) is 4.91. The van der Waals surface area contributed by atoms with Crippen LogP contribution in [0.2, 0.25) is 0 Å². The van der Waals surface area contributed by atoms with Gasteiger partial charge < -0.3 is 14.4 Å². The maximum Gasteiger partial charge on any atom is 0.296 e. The number of likely N-dealkylation sites (N-methyl/N-ethyl adjacent to an activating group) is 1. The molecule has 0 N–H and O–H groups in total. The van der Waals surface area contributed by atoms with Gasteiger partial charge in [0.2, 0.25) is 0 Å². The van der Waals surface area contributed by atoms with E-state index >= 15 is 0 Å². The van der Waals surface area contributed by atoms with Gasteiger partial charge in [-0.15, -0.1) is 0 Å². The van der Waals surface area contributed by atoms with Gasteiger partial charge in [0.05, 0.1) is 5.69 Å². The molecule has 1 aliphatic heterocycles. The minimum Gasteiger partial charge on any atom is -0.348 e. The topological polar surface area (TPSA) is 45.6 Å². The van der Waals surface area contributed by atoms with Crippen molar-refractivity contribution in [3.05, 3.63) is 24.0 Å². The Morgan fingerprint density at radius 1 is 1.21 bits per heavy atom. The van der Waals surface area contributed by atoms with Gasteiger partial charge in [-0.3, -0.25) is 9.59 Å². The average Bonchev–Trinajstić information content (AvgIpc) is 2.71. The van der Waals surface area contributed by atoms with Crippen molar-refractivity contribution in [3.63, 3.8) is 0 Å². The van der Waals surface area contributed by atoms with Crippen molar-refractivity contribution in [2.45, 2.75) is 13.3 Å². The van der Waals surface area contributed by atoms with Crippen LogP contribution < -0.4 is 0 Å². The Bertz CT molecular complexity index is 467. The number of aryl methyl sites for hydroxylation is 1. The smallest absolute Gasteiger partial charge is 0.296 e. The molecule has 5 nitrogen and oxygen atoms in total. The Hall–Kier alpha value is -1.62. The minimum atomic E-state index is -0.405. The third kappa shape index (κ3) is 3.04. The molecule has 104 valence electrons. The zero-order chi connectivity index (χ0) is 13.8. The molecule has 0 spiro atoms. The third-order valence-corrected chi connectivity index (χ3v) is 3.69. The minimum absolute atomic E-state index is 0.375. The molecule has 5 heteroatoms. The number of nitrogens with zero attached hydrogens (tertiary/aromatic N) is 3. The van der Waals surface area contributed by atoms with Crippen molar-refractivity contribution < 1.29 is 9.59 Å². The van der Waals surface area contributed by atoms with Crippen LogP contribution in [0.25, 0.3) is 0 Å². The summed E-state index contributed by atoms with van der Waals surface area (Å²) in [6.45, 7) is 6.27. The van der Waals surface area contributed by atoms with E-state index in [4.69, 9.17) is 0 Å². The van der Waals surface area contributed by atoms with E-state index in [1.54, 1.807) is 34.8 Å². The lowest BCUT2D eigenvalue weighted by Crippen LogP contribution is -2.39. The summed E-state index contributed by atoms with van der Waals surface area (Å²) in [5, 5.41) is 0. The zero-order valence-corrected chi connectivity index (χ0v) is 11.6. The van der Waals surface area contributed by atoms with Crippen LogP contribution in [0, 0.1) is 0 Å². The fraction of sp³-hybridized carbons (Fsp3) is 0.571. The van der Waals surface area contributed by atoms with Gasteiger partial charge in [0.25, 0.3) is 11.7 Å². The summed E-state index contributed by atoms with van der Waals surface area (Å²) in [5.74, 6) is -0.780. The molecule has 1 fully saturated rings. The highest BCUT2D eigenvalue weighted by Gasteiger charge is 2.26. The van der Waals surface area contributed by atoms with Gasteiger partial charge in [0.15, 0.2) is 0 Å². The predicted molar refractivity (Wildman–Crippen MR) is 73.1 cm³/mol. The van der Waals surface area contributed by atoms with Crippen molar-refractivity contribution in [1.29, 1.82) is 0 Å². The molecule has 1 aliphatic rings. The van der Waals surface area contributed by atoms with Gasteiger partial charge in [-0.1, -0.05) is 6.92 Å². The summed E-state index contributed by atoms with van der Waals surface area (Å²) in [4.78, 5) is 28.4. The van der Waals surface area contributed by atoms with Gasteiger partial charge in [-0.25, -0.2) is 0 Å². The molecule has 2 rings (SSSR count). The van der Waals surface area contributed by atoms with Crippen LogP contribution in [0.15, 0.2) is 18.3 Å². The summed E-state index contributed by atoms with van der Waals surface area (Å²) in [5.41, 5.74) is 0.460. The van der Waals surface area contributed by atoms with Crippen molar-refractivity contribution in [2.24, 2.45) is 7.05 Å². The monoisotopic (exact) mass is 263 g/mol. The van der Waals surface area contributed by atoms with E-state index in [0.29, 0.717) is 18.8 Å². The van der Waals surface area contributed by atoms with Crippen LogP contribution in [0.1, 0.15) is 23.8 Å². The Kier molecular flexibility index (Phi) is 4.37. The van der Waals surface area contributed by atoms with Crippen LogP contribution in [0.3, 0.4) is 0 Å². The molecule has 0 atom stereocenters. The first-order valence-corrected chi connectivity index (χ1v) is 6.80. The molecule has 0 aromatic carbocycles. The number of carbonyl (C=O) groups is 2. The highest BCUT2D eigenvalue weighted by molar-refractivity contribution is 6.42. The lowest BCUT2D eigenvalue weighted by molar-refractivity contribution is -0.126. The molecule has 1 aromatic rings. The van der Waals surface area contributed by atoms with E-state index < -0.39 is 5.78 Å². The van der Waals surface area contributed by atoms with Gasteiger partial charge in [0.1, 0.15) is 0 Å². The van der Waals surface area contributed by atoms with Gasteiger partial charge >= 0.3 is 0 Å². The van der Waals surface area contributed by atoms with E-state index in [9.17, 15) is 9.59 Å². The van der Waals surface area contributed by atoms with Crippen molar-refractivity contribution in [2.75, 3.05) is 32.7 Å². The highest BCUT2D eigenvalue weighted by Crippen LogP contribution is 2.08. The quantitative estimate of drug-likeness (QED) is 0.597. The summed E-state index contributed by atoms with van der Waals surface area (Å²) in [6.07, 6.45) is 2.71. The lowest BCUT2D eigenvalue weighted by atomic mass is 10.2. The molecule has 1 amide bonds. The first-order valence-electron chi connectivity index (χ1n) is 6.80. The van der Waals surface area contributed by atoms with E-state index in [1.807, 2.05) is 0 Å². The van der Waals surface area contributed by atoms with Crippen LogP contribution in [0.5, 0.6) is 0 Å². The second kappa shape index (κ2) is 6.02. The van der Waals surface area contributed by atoms with Crippen LogP contribution in [-0.2, 0) is 11.8 Å². The van der Waals surface area contributed by atoms with Gasteiger partial charge in [-0.05, 0) is 31.6 Å². The maximum absolute atomic E-state index is 12.2. The number of amides is 1. The number of rotatable bonds is 3. The summed E-state index contributed by atoms with van der Waals surface area (Å²) in [6, 6.07) is 3.47. The second-order valence-corrected chi connectivity index (χ2v) is 4.91. The standard InChI is InChI=1S/C14H21N3O2/c1-3-16-8-5-9-17(11-10-16)14(19)13(18)12-6-4-7-15(12)2/h4,6-7H,3,5,8-11H2,1-2H3. The van der Waals surface area contributed by atoms with E-state index in [1.165, 1.54) is 0 Å². The molecule has 1 aromatic heterocycles. The Balaban J connectivity index is 2.03. The van der Waals surface area contributed by atoms with Crippen molar-refractivity contribution >= 4 is 11.7 Å². The Morgan fingerprint density at radius 2 is 2.00 bits per heavy atom. The number of hydrogen-bond donors (Lipinski definition) is 0. The number of hydrogen-bond acceptors (Lipinski definition) is 3. The maximum atomic E-state index is 12.2. The molecule has 0 aliphatic carbocycles. The van der Waals surface area contributed by atoms with Crippen LogP contribution in [0.4, 0.5) is 0 Å². The largest absolute Gasteiger partial charge is 0.348 e. The summed E-state index contributed by atoms with van der Waals surface area (Å²) >= 11 is 0. The van der Waals surface area contributed by atoms with Crippen molar-refractivity contribution in [3.8, 4) is 0 Å². The first-order chi connectivity index (χ1) is 9.13. The summed E-state index contributed by atoms with van der Waals surface area (Å²) in [7, 11) is 1.78. The molecule has 2 heterocycles. The molecule has 0 saturated carbocycles. The lowest BCUT2D eigenvalue weighted by Gasteiger charge is -2.20. The highest BCUT2D eigenvalue weighted by atomic mass is 16.2. The zero-order valence-electron chi connectivity index (χ0n) is 11.6. The van der Waals surface area contributed by atoms with Gasteiger partial charge in [0, 0.05) is 32.9 Å². The number of Topliss-reactive ketones (excluding diaryl/α,β-unsaturated/α-hetero) is 1.